The summed E-state index contributed by atoms with van der Waals surface area (Å²) in [6.07, 6.45) is 7.07. The van der Waals surface area contributed by atoms with E-state index in [1.165, 1.54) is 0 Å². The maximum Gasteiger partial charge on any atom is 0.251 e. The number of rotatable bonds is 9. The van der Waals surface area contributed by atoms with Crippen LogP contribution < -0.4 is 21.5 Å². The molecule has 6 heteroatoms. The molecular formula is C16H21N3O3. The summed E-state index contributed by atoms with van der Waals surface area (Å²) in [5.41, 5.74) is 11.1. The van der Waals surface area contributed by atoms with Crippen LogP contribution in [-0.2, 0) is 4.79 Å². The standard InChI is InChI=1S/C16H21N3O3/c1-2-11-22-13-8-6-12(7-9-13)16(21)19-10-4-3-5-14(17)15(18)20/h1,6-9,14H,3-5,10-11,17H2,(H2,18,20)(H,19,21). The third-order valence-corrected chi connectivity index (χ3v) is 3.03. The SMILES string of the molecule is C#CCOc1ccc(C(=O)NCCCCC(N)C(N)=O)cc1. The highest BCUT2D eigenvalue weighted by molar-refractivity contribution is 5.94. The highest BCUT2D eigenvalue weighted by Crippen LogP contribution is 2.12. The number of benzene rings is 1. The van der Waals surface area contributed by atoms with Gasteiger partial charge in [0.1, 0.15) is 12.4 Å². The zero-order chi connectivity index (χ0) is 16.4. The fourth-order valence-electron chi connectivity index (χ4n) is 1.76. The fourth-order valence-corrected chi connectivity index (χ4v) is 1.76. The van der Waals surface area contributed by atoms with Crippen LogP contribution in [-0.4, -0.2) is 31.0 Å². The number of ether oxygens (including phenoxy) is 1. The lowest BCUT2D eigenvalue weighted by molar-refractivity contribution is -0.119. The van der Waals surface area contributed by atoms with E-state index in [1.54, 1.807) is 24.3 Å². The number of nitrogens with one attached hydrogen (secondary N) is 1. The molecular weight excluding hydrogens is 282 g/mol. The molecule has 2 amide bonds. The molecule has 1 atom stereocenters. The summed E-state index contributed by atoms with van der Waals surface area (Å²) in [5.74, 6) is 2.32. The van der Waals surface area contributed by atoms with Gasteiger partial charge in [-0.2, -0.15) is 0 Å². The van der Waals surface area contributed by atoms with Crippen molar-refractivity contribution in [1.82, 2.24) is 5.32 Å². The maximum atomic E-state index is 11.9. The van der Waals surface area contributed by atoms with Crippen LogP contribution >= 0.6 is 0 Å². The van der Waals surface area contributed by atoms with Gasteiger partial charge in [-0.15, -0.1) is 6.42 Å². The van der Waals surface area contributed by atoms with Crippen LogP contribution in [0, 0.1) is 12.3 Å². The van der Waals surface area contributed by atoms with Crippen LogP contribution in [0.3, 0.4) is 0 Å². The van der Waals surface area contributed by atoms with Gasteiger partial charge in [-0.05, 0) is 43.5 Å². The summed E-state index contributed by atoms with van der Waals surface area (Å²) in [6, 6.07) is 6.11. The van der Waals surface area contributed by atoms with Gasteiger partial charge in [0.25, 0.3) is 5.91 Å². The summed E-state index contributed by atoms with van der Waals surface area (Å²) in [7, 11) is 0. The fraction of sp³-hybridized carbons (Fsp3) is 0.375. The Morgan fingerprint density at radius 3 is 2.55 bits per heavy atom. The first-order valence-electron chi connectivity index (χ1n) is 7.04. The zero-order valence-electron chi connectivity index (χ0n) is 12.4. The summed E-state index contributed by atoms with van der Waals surface area (Å²) < 4.78 is 5.23. The molecule has 0 aliphatic carbocycles. The number of carbonyl (C=O) groups is 2. The minimum atomic E-state index is -0.619. The van der Waals surface area contributed by atoms with Crippen LogP contribution in [0.25, 0.3) is 0 Å². The van der Waals surface area contributed by atoms with E-state index in [0.717, 1.165) is 12.8 Å². The third-order valence-electron chi connectivity index (χ3n) is 3.03. The number of amides is 2. The predicted molar refractivity (Wildman–Crippen MR) is 84.1 cm³/mol. The largest absolute Gasteiger partial charge is 0.481 e. The molecule has 0 bridgehead atoms. The Bertz CT molecular complexity index is 535. The molecule has 1 aromatic carbocycles. The van der Waals surface area contributed by atoms with Crippen molar-refractivity contribution in [2.75, 3.05) is 13.2 Å². The number of nitrogens with two attached hydrogens (primary N) is 2. The van der Waals surface area contributed by atoms with Crippen molar-refractivity contribution < 1.29 is 14.3 Å². The van der Waals surface area contributed by atoms with Crippen LogP contribution in [0.5, 0.6) is 5.75 Å². The van der Waals surface area contributed by atoms with Crippen molar-refractivity contribution in [3.8, 4) is 18.1 Å². The monoisotopic (exact) mass is 303 g/mol. The Morgan fingerprint density at radius 1 is 1.27 bits per heavy atom. The molecule has 6 nitrogen and oxygen atoms in total. The average Bonchev–Trinajstić information content (AvgIpc) is 2.52. The second-order valence-electron chi connectivity index (χ2n) is 4.78. The molecule has 1 rings (SSSR count). The number of primary amides is 1. The number of terminal acetylenes is 1. The first-order valence-corrected chi connectivity index (χ1v) is 7.04. The Kier molecular flexibility index (Phi) is 7.51. The maximum absolute atomic E-state index is 11.9. The van der Waals surface area contributed by atoms with Crippen LogP contribution in [0.15, 0.2) is 24.3 Å². The van der Waals surface area contributed by atoms with Gasteiger partial charge in [0.2, 0.25) is 5.91 Å². The Hall–Kier alpha value is -2.52. The van der Waals surface area contributed by atoms with Crippen LogP contribution in [0.1, 0.15) is 29.6 Å². The van der Waals surface area contributed by atoms with E-state index >= 15 is 0 Å². The number of hydrogen-bond donors (Lipinski definition) is 3. The van der Waals surface area contributed by atoms with E-state index in [9.17, 15) is 9.59 Å². The minimum Gasteiger partial charge on any atom is -0.481 e. The lowest BCUT2D eigenvalue weighted by atomic mass is 10.1. The van der Waals surface area contributed by atoms with Crippen LogP contribution in [0.2, 0.25) is 0 Å². The van der Waals surface area contributed by atoms with E-state index in [-0.39, 0.29) is 12.5 Å². The summed E-state index contributed by atoms with van der Waals surface area (Å²) in [6.45, 7) is 0.707. The third kappa shape index (κ3) is 6.29. The first kappa shape index (κ1) is 17.5. The lowest BCUT2D eigenvalue weighted by Crippen LogP contribution is -2.36. The molecule has 0 saturated carbocycles. The molecule has 0 fully saturated rings. The second-order valence-corrected chi connectivity index (χ2v) is 4.78. The highest BCUT2D eigenvalue weighted by Gasteiger charge is 2.08. The van der Waals surface area contributed by atoms with E-state index < -0.39 is 11.9 Å². The molecule has 0 saturated heterocycles. The summed E-state index contributed by atoms with van der Waals surface area (Å²) in [5, 5.41) is 2.80. The van der Waals surface area contributed by atoms with Crippen molar-refractivity contribution in [3.63, 3.8) is 0 Å². The minimum absolute atomic E-state index is 0.164. The first-order chi connectivity index (χ1) is 10.5. The van der Waals surface area contributed by atoms with Gasteiger partial charge in [0, 0.05) is 12.1 Å². The molecule has 0 aliphatic rings. The zero-order valence-corrected chi connectivity index (χ0v) is 12.4. The van der Waals surface area contributed by atoms with E-state index in [2.05, 4.69) is 11.2 Å². The van der Waals surface area contributed by atoms with Gasteiger partial charge in [0.15, 0.2) is 0 Å². The van der Waals surface area contributed by atoms with Gasteiger partial charge in [-0.3, -0.25) is 9.59 Å². The highest BCUT2D eigenvalue weighted by atomic mass is 16.5. The number of carbonyl (C=O) groups excluding carboxylic acids is 2. The van der Waals surface area contributed by atoms with Gasteiger partial charge in [-0.25, -0.2) is 0 Å². The van der Waals surface area contributed by atoms with Crippen molar-refractivity contribution in [3.05, 3.63) is 29.8 Å². The topological polar surface area (TPSA) is 107 Å². The van der Waals surface area contributed by atoms with E-state index in [0.29, 0.717) is 24.3 Å². The smallest absolute Gasteiger partial charge is 0.251 e. The van der Waals surface area contributed by atoms with E-state index in [4.69, 9.17) is 22.6 Å². The van der Waals surface area contributed by atoms with Crippen molar-refractivity contribution in [2.24, 2.45) is 11.5 Å². The molecule has 0 spiro atoms. The van der Waals surface area contributed by atoms with Crippen molar-refractivity contribution in [1.29, 1.82) is 0 Å². The lowest BCUT2D eigenvalue weighted by Gasteiger charge is -2.08. The van der Waals surface area contributed by atoms with Crippen molar-refractivity contribution >= 4 is 11.8 Å². The molecule has 22 heavy (non-hydrogen) atoms. The molecule has 5 N–H and O–H groups in total. The molecule has 0 aromatic heterocycles. The molecule has 118 valence electrons. The molecule has 1 aromatic rings. The Morgan fingerprint density at radius 2 is 1.95 bits per heavy atom. The predicted octanol–water partition coefficient (Wildman–Crippen LogP) is 0.411. The molecule has 0 radical (unpaired) electrons. The van der Waals surface area contributed by atoms with Crippen molar-refractivity contribution in [2.45, 2.75) is 25.3 Å². The van der Waals surface area contributed by atoms with Crippen LogP contribution in [0.4, 0.5) is 0 Å². The van der Waals surface area contributed by atoms with Gasteiger partial charge < -0.3 is 21.5 Å². The average molecular weight is 303 g/mol. The molecule has 1 unspecified atom stereocenters. The summed E-state index contributed by atoms with van der Waals surface area (Å²) >= 11 is 0. The van der Waals surface area contributed by atoms with Gasteiger partial charge in [0.05, 0.1) is 6.04 Å². The Balaban J connectivity index is 2.28. The molecule has 0 heterocycles. The second kappa shape index (κ2) is 9.42. The quantitative estimate of drug-likeness (QED) is 0.453. The van der Waals surface area contributed by atoms with E-state index in [1.807, 2.05) is 0 Å². The molecule has 0 aliphatic heterocycles. The Labute approximate surface area is 130 Å². The number of hydrogen-bond acceptors (Lipinski definition) is 4. The number of unbranched alkanes of at least 4 members (excludes halogenated alkanes) is 1. The summed E-state index contributed by atoms with van der Waals surface area (Å²) in [4.78, 5) is 22.6. The van der Waals surface area contributed by atoms with Gasteiger partial charge in [-0.1, -0.05) is 5.92 Å². The van der Waals surface area contributed by atoms with Gasteiger partial charge >= 0.3 is 0 Å². The normalized spacial score (nSPS) is 11.3.